The number of carboxylic acids is 1. The quantitative estimate of drug-likeness (QED) is 0.826. The highest BCUT2D eigenvalue weighted by Crippen LogP contribution is 2.10. The minimum Gasteiger partial charge on any atom is -0.479 e. The van der Waals surface area contributed by atoms with Gasteiger partial charge in [-0.05, 0) is 0 Å². The summed E-state index contributed by atoms with van der Waals surface area (Å²) in [5.41, 5.74) is 0.923. The molecule has 20 heavy (non-hydrogen) atoms. The van der Waals surface area contributed by atoms with Crippen LogP contribution in [0.3, 0.4) is 0 Å². The molecule has 1 aliphatic heterocycles. The topological polar surface area (TPSA) is 87.9 Å². The lowest BCUT2D eigenvalue weighted by Crippen LogP contribution is -2.51. The summed E-state index contributed by atoms with van der Waals surface area (Å²) in [7, 11) is 3.49. The highest BCUT2D eigenvalue weighted by Gasteiger charge is 2.30. The maximum atomic E-state index is 12.3. The number of rotatable bonds is 3. The normalized spacial score (nSPS) is 18.9. The van der Waals surface area contributed by atoms with E-state index in [4.69, 9.17) is 9.84 Å². The number of urea groups is 1. The third-order valence-electron chi connectivity index (χ3n) is 3.12. The first kappa shape index (κ1) is 14.3. The lowest BCUT2D eigenvalue weighted by Gasteiger charge is -2.33. The first-order chi connectivity index (χ1) is 9.47. The molecule has 1 aromatic rings. The molecule has 1 atom stereocenters. The second-order valence-electron chi connectivity index (χ2n) is 4.80. The monoisotopic (exact) mass is 282 g/mol. The molecule has 0 bridgehead atoms. The minimum atomic E-state index is -1.04. The molecule has 1 aliphatic rings. The van der Waals surface area contributed by atoms with E-state index in [1.165, 1.54) is 4.90 Å². The number of aromatic nitrogens is 2. The summed E-state index contributed by atoms with van der Waals surface area (Å²) in [6.07, 6.45) is 2.59. The zero-order chi connectivity index (χ0) is 14.7. The van der Waals surface area contributed by atoms with E-state index in [1.807, 2.05) is 13.2 Å². The van der Waals surface area contributed by atoms with Crippen molar-refractivity contribution in [1.82, 2.24) is 19.6 Å². The van der Waals surface area contributed by atoms with Gasteiger partial charge in [0.1, 0.15) is 0 Å². The van der Waals surface area contributed by atoms with Crippen molar-refractivity contribution in [1.29, 1.82) is 0 Å². The maximum absolute atomic E-state index is 12.3. The smallest absolute Gasteiger partial charge is 0.334 e. The van der Waals surface area contributed by atoms with Crippen LogP contribution in [0.4, 0.5) is 4.79 Å². The van der Waals surface area contributed by atoms with Crippen molar-refractivity contribution in [2.75, 3.05) is 26.7 Å². The lowest BCUT2D eigenvalue weighted by atomic mass is 10.3. The number of morpholine rings is 1. The molecule has 8 nitrogen and oxygen atoms in total. The molecular weight excluding hydrogens is 264 g/mol. The van der Waals surface area contributed by atoms with Gasteiger partial charge in [-0.25, -0.2) is 9.59 Å². The van der Waals surface area contributed by atoms with Crippen LogP contribution in [0.15, 0.2) is 12.4 Å². The van der Waals surface area contributed by atoms with Gasteiger partial charge in [0, 0.05) is 32.4 Å². The molecular formula is C12H18N4O4. The number of hydrogen-bond acceptors (Lipinski definition) is 4. The van der Waals surface area contributed by atoms with Crippen LogP contribution < -0.4 is 0 Å². The molecule has 1 fully saturated rings. The van der Waals surface area contributed by atoms with Gasteiger partial charge in [0.2, 0.25) is 0 Å². The number of amides is 2. The molecule has 2 heterocycles. The molecule has 2 rings (SSSR count). The Morgan fingerprint density at radius 1 is 1.60 bits per heavy atom. The van der Waals surface area contributed by atoms with Crippen molar-refractivity contribution < 1.29 is 19.4 Å². The van der Waals surface area contributed by atoms with Crippen molar-refractivity contribution in [2.24, 2.45) is 7.05 Å². The van der Waals surface area contributed by atoms with Crippen molar-refractivity contribution in [3.8, 4) is 0 Å². The number of aliphatic carboxylic acids is 1. The van der Waals surface area contributed by atoms with E-state index in [0.29, 0.717) is 13.1 Å². The van der Waals surface area contributed by atoms with Gasteiger partial charge in [0.15, 0.2) is 6.10 Å². The molecule has 0 spiro atoms. The fourth-order valence-electron chi connectivity index (χ4n) is 2.11. The fourth-order valence-corrected chi connectivity index (χ4v) is 2.11. The second-order valence-corrected chi connectivity index (χ2v) is 4.80. The Labute approximate surface area is 116 Å². The van der Waals surface area contributed by atoms with Gasteiger partial charge in [-0.3, -0.25) is 4.68 Å². The van der Waals surface area contributed by atoms with Crippen molar-refractivity contribution in [2.45, 2.75) is 12.6 Å². The summed E-state index contributed by atoms with van der Waals surface area (Å²) in [5.74, 6) is -1.04. The van der Waals surface area contributed by atoms with Crippen LogP contribution in [0.2, 0.25) is 0 Å². The van der Waals surface area contributed by atoms with Crippen LogP contribution in [0.25, 0.3) is 0 Å². The summed E-state index contributed by atoms with van der Waals surface area (Å²) < 4.78 is 6.77. The summed E-state index contributed by atoms with van der Waals surface area (Å²) in [4.78, 5) is 26.2. The Balaban J connectivity index is 1.94. The van der Waals surface area contributed by atoms with Crippen LogP contribution in [-0.4, -0.2) is 69.5 Å². The van der Waals surface area contributed by atoms with E-state index in [1.54, 1.807) is 22.8 Å². The van der Waals surface area contributed by atoms with Gasteiger partial charge in [-0.2, -0.15) is 5.10 Å². The van der Waals surface area contributed by atoms with Gasteiger partial charge in [-0.1, -0.05) is 0 Å². The predicted octanol–water partition coefficient (Wildman–Crippen LogP) is -0.243. The summed E-state index contributed by atoms with van der Waals surface area (Å²) >= 11 is 0. The zero-order valence-corrected chi connectivity index (χ0v) is 11.5. The molecule has 1 saturated heterocycles. The molecule has 1 unspecified atom stereocenters. The number of carboxylic acid groups (broad SMARTS) is 1. The maximum Gasteiger partial charge on any atom is 0.334 e. The Kier molecular flexibility index (Phi) is 4.23. The summed E-state index contributed by atoms with van der Waals surface area (Å²) in [6, 6.07) is -0.205. The second kappa shape index (κ2) is 5.91. The van der Waals surface area contributed by atoms with Crippen LogP contribution in [0.5, 0.6) is 0 Å². The first-order valence-electron chi connectivity index (χ1n) is 6.29. The molecule has 0 saturated carbocycles. The van der Waals surface area contributed by atoms with E-state index < -0.39 is 12.1 Å². The molecule has 0 aromatic carbocycles. The van der Waals surface area contributed by atoms with Crippen LogP contribution in [-0.2, 0) is 23.1 Å². The number of aryl methyl sites for hydroxylation is 1. The number of hydrogen-bond donors (Lipinski definition) is 1. The van der Waals surface area contributed by atoms with Crippen LogP contribution in [0.1, 0.15) is 5.56 Å². The minimum absolute atomic E-state index is 0.0749. The molecule has 8 heteroatoms. The number of nitrogens with zero attached hydrogens (tertiary/aromatic N) is 4. The highest BCUT2D eigenvalue weighted by atomic mass is 16.5. The lowest BCUT2D eigenvalue weighted by molar-refractivity contribution is -0.154. The summed E-state index contributed by atoms with van der Waals surface area (Å²) in [6.45, 7) is 1.15. The fraction of sp³-hybridized carbons (Fsp3) is 0.583. The first-order valence-corrected chi connectivity index (χ1v) is 6.29. The molecule has 1 N–H and O–H groups in total. The third kappa shape index (κ3) is 3.27. The van der Waals surface area contributed by atoms with E-state index >= 15 is 0 Å². The van der Waals surface area contributed by atoms with Gasteiger partial charge >= 0.3 is 12.0 Å². The van der Waals surface area contributed by atoms with Crippen molar-refractivity contribution >= 4 is 12.0 Å². The average Bonchev–Trinajstić information content (AvgIpc) is 2.83. The van der Waals surface area contributed by atoms with E-state index in [0.717, 1.165) is 5.56 Å². The third-order valence-corrected chi connectivity index (χ3v) is 3.12. The number of carbonyl (C=O) groups excluding carboxylic acids is 1. The molecule has 1 aromatic heterocycles. The highest BCUT2D eigenvalue weighted by molar-refractivity contribution is 5.77. The Hall–Kier alpha value is -2.09. The van der Waals surface area contributed by atoms with Crippen molar-refractivity contribution in [3.63, 3.8) is 0 Å². The Bertz CT molecular complexity index is 501. The van der Waals surface area contributed by atoms with Crippen LogP contribution >= 0.6 is 0 Å². The molecule has 2 amide bonds. The zero-order valence-electron chi connectivity index (χ0n) is 11.5. The van der Waals surface area contributed by atoms with E-state index in [-0.39, 0.29) is 19.2 Å². The standard InChI is InChI=1S/C12H18N4O4/c1-14(6-9-5-13-15(2)7-9)12(19)16-3-4-20-10(8-16)11(17)18/h5,7,10H,3-4,6,8H2,1-2H3,(H,17,18). The number of ether oxygens (including phenoxy) is 1. The number of carbonyl (C=O) groups is 2. The molecule has 0 aliphatic carbocycles. The molecule has 0 radical (unpaired) electrons. The largest absolute Gasteiger partial charge is 0.479 e. The van der Waals surface area contributed by atoms with Crippen molar-refractivity contribution in [3.05, 3.63) is 18.0 Å². The Morgan fingerprint density at radius 3 is 2.95 bits per heavy atom. The Morgan fingerprint density at radius 2 is 2.35 bits per heavy atom. The van der Waals surface area contributed by atoms with E-state index in [9.17, 15) is 9.59 Å². The summed E-state index contributed by atoms with van der Waals surface area (Å²) in [5, 5.41) is 13.0. The van der Waals surface area contributed by atoms with Gasteiger partial charge in [0.05, 0.1) is 25.9 Å². The SMILES string of the molecule is CN(Cc1cnn(C)c1)C(=O)N1CCOC(C(=O)O)C1. The molecule has 110 valence electrons. The predicted molar refractivity (Wildman–Crippen MR) is 69.0 cm³/mol. The van der Waals surface area contributed by atoms with Gasteiger partial charge in [0.25, 0.3) is 0 Å². The van der Waals surface area contributed by atoms with E-state index in [2.05, 4.69) is 5.10 Å². The van der Waals surface area contributed by atoms with Crippen LogP contribution in [0, 0.1) is 0 Å². The average molecular weight is 282 g/mol. The van der Waals surface area contributed by atoms with Gasteiger partial charge in [-0.15, -0.1) is 0 Å². The van der Waals surface area contributed by atoms with Gasteiger partial charge < -0.3 is 19.6 Å².